The van der Waals surface area contributed by atoms with Crippen LogP contribution in [0.4, 0.5) is 9.59 Å². The topological polar surface area (TPSA) is 210 Å². The van der Waals surface area contributed by atoms with Gasteiger partial charge in [0.25, 0.3) is 0 Å². The lowest BCUT2D eigenvalue weighted by Crippen LogP contribution is -2.51. The number of rotatable bonds is 14. The Morgan fingerprint density at radius 2 is 1.20 bits per heavy atom. The number of aromatic amines is 2. The van der Waals surface area contributed by atoms with E-state index in [4.69, 9.17) is 34.1 Å². The van der Waals surface area contributed by atoms with E-state index in [2.05, 4.69) is 44.9 Å². The second-order valence-corrected chi connectivity index (χ2v) is 19.2. The molecule has 7 aromatic rings. The highest BCUT2D eigenvalue weighted by Crippen LogP contribution is 2.39. The largest absolute Gasteiger partial charge is 0.471 e. The van der Waals surface area contributed by atoms with Gasteiger partial charge in [-0.2, -0.15) is 0 Å². The number of ether oxygens (including phenoxy) is 3. The lowest BCUT2D eigenvalue weighted by molar-refractivity contribution is -0.136. The molecule has 2 fully saturated rings. The molecule has 3 aromatic carbocycles. The van der Waals surface area contributed by atoms with Crippen molar-refractivity contribution in [2.24, 2.45) is 11.8 Å². The molecule has 0 unspecified atom stereocenters. The van der Waals surface area contributed by atoms with Crippen molar-refractivity contribution in [1.29, 1.82) is 0 Å². The number of methoxy groups -OCH3 is 2. The van der Waals surface area contributed by atoms with Gasteiger partial charge in [-0.1, -0.05) is 94.4 Å². The minimum Gasteiger partial charge on any atom is -0.471 e. The lowest BCUT2D eigenvalue weighted by Gasteiger charge is -2.30. The zero-order chi connectivity index (χ0) is 49.1. The summed E-state index contributed by atoms with van der Waals surface area (Å²) in [5.41, 5.74) is 7.59. The van der Waals surface area contributed by atoms with Crippen LogP contribution >= 0.6 is 11.3 Å². The molecule has 18 heteroatoms. The van der Waals surface area contributed by atoms with Gasteiger partial charge in [-0.25, -0.2) is 29.5 Å². The minimum atomic E-state index is -0.856. The van der Waals surface area contributed by atoms with E-state index in [0.717, 1.165) is 56.9 Å². The summed E-state index contributed by atoms with van der Waals surface area (Å²) >= 11 is 1.54. The van der Waals surface area contributed by atoms with Crippen LogP contribution in [0.5, 0.6) is 5.88 Å². The molecule has 5 atom stereocenters. The van der Waals surface area contributed by atoms with Crippen molar-refractivity contribution in [2.45, 2.75) is 77.2 Å². The Hall–Kier alpha value is -7.60. The number of nitrogens with zero attached hydrogens (tertiary/aromatic N) is 6. The average molecular weight is 965 g/mol. The van der Waals surface area contributed by atoms with Crippen LogP contribution in [0.3, 0.4) is 0 Å². The Morgan fingerprint density at radius 1 is 0.671 bits per heavy atom. The maximum absolute atomic E-state index is 14.5. The summed E-state index contributed by atoms with van der Waals surface area (Å²) in [7, 11) is 2.56. The fourth-order valence-corrected chi connectivity index (χ4v) is 9.95. The third kappa shape index (κ3) is 9.94. The van der Waals surface area contributed by atoms with Crippen LogP contribution in [0.1, 0.15) is 70.7 Å². The van der Waals surface area contributed by atoms with E-state index >= 15 is 0 Å². The molecule has 70 heavy (non-hydrogen) atoms. The molecule has 17 nitrogen and oxygen atoms in total. The number of carbonyl (C=O) groups is 4. The average Bonchev–Trinajstić information content (AvgIpc) is 4.24. The summed E-state index contributed by atoms with van der Waals surface area (Å²) < 4.78 is 16.4. The highest BCUT2D eigenvalue weighted by molar-refractivity contribution is 7.13. The molecule has 2 aliphatic heterocycles. The summed E-state index contributed by atoms with van der Waals surface area (Å²) in [6.45, 7) is 8.34. The van der Waals surface area contributed by atoms with Gasteiger partial charge in [0.05, 0.1) is 72.5 Å². The Morgan fingerprint density at radius 3 is 1.73 bits per heavy atom. The van der Waals surface area contributed by atoms with Crippen LogP contribution in [0.25, 0.3) is 55.2 Å². The molecule has 0 aliphatic carbocycles. The summed E-state index contributed by atoms with van der Waals surface area (Å²) in [4.78, 5) is 83.3. The van der Waals surface area contributed by atoms with Crippen molar-refractivity contribution in [2.75, 3.05) is 27.3 Å². The number of fused-ring (bicyclic) bond motifs is 1. The maximum atomic E-state index is 14.5. The zero-order valence-electron chi connectivity index (χ0n) is 39.8. The number of imidazole rings is 2. The Bertz CT molecular complexity index is 2970. The number of hydrogen-bond donors (Lipinski definition) is 4. The van der Waals surface area contributed by atoms with Crippen LogP contribution < -0.4 is 15.4 Å². The number of nitrogens with one attached hydrogen (secondary N) is 4. The van der Waals surface area contributed by atoms with Crippen molar-refractivity contribution >= 4 is 46.4 Å². The zero-order valence-corrected chi connectivity index (χ0v) is 40.7. The fourth-order valence-electron chi connectivity index (χ4n) is 9.24. The van der Waals surface area contributed by atoms with Gasteiger partial charge in [-0.15, -0.1) is 11.3 Å². The van der Waals surface area contributed by atoms with Gasteiger partial charge in [-0.05, 0) is 70.5 Å². The number of H-pyrrole nitrogens is 2. The van der Waals surface area contributed by atoms with Crippen molar-refractivity contribution in [3.05, 3.63) is 114 Å². The van der Waals surface area contributed by atoms with Gasteiger partial charge >= 0.3 is 12.2 Å². The Balaban J connectivity index is 0.914. The third-order valence-corrected chi connectivity index (χ3v) is 13.9. The smallest absolute Gasteiger partial charge is 0.407 e. The molecule has 4 N–H and O–H groups in total. The van der Waals surface area contributed by atoms with E-state index in [-0.39, 0.29) is 36.2 Å². The second kappa shape index (κ2) is 20.6. The van der Waals surface area contributed by atoms with Gasteiger partial charge in [0, 0.05) is 13.0 Å². The molecular formula is C52H56N10O7S. The van der Waals surface area contributed by atoms with Gasteiger partial charge in [0.2, 0.25) is 17.7 Å². The molecule has 0 bridgehead atoms. The van der Waals surface area contributed by atoms with Crippen LogP contribution in [-0.2, 0) is 19.1 Å². The molecular weight excluding hydrogens is 909 g/mol. The number of aromatic nitrogens is 6. The summed E-state index contributed by atoms with van der Waals surface area (Å²) in [6, 6.07) is 25.7. The summed E-state index contributed by atoms with van der Waals surface area (Å²) in [5, 5.41) is 7.43. The van der Waals surface area contributed by atoms with Gasteiger partial charge in [-0.3, -0.25) is 9.59 Å². The fraction of sp³-hybridized carbons (Fsp3) is 0.346. The van der Waals surface area contributed by atoms with Crippen LogP contribution in [0.2, 0.25) is 0 Å². The van der Waals surface area contributed by atoms with Gasteiger partial charge in [0.15, 0.2) is 0 Å². The van der Waals surface area contributed by atoms with Gasteiger partial charge < -0.3 is 44.6 Å². The summed E-state index contributed by atoms with van der Waals surface area (Å²) in [5.74, 6) is 0.882. The number of hydrogen-bond acceptors (Lipinski definition) is 12. The molecule has 362 valence electrons. The third-order valence-electron chi connectivity index (χ3n) is 13.0. The molecule has 0 radical (unpaired) electrons. The molecule has 0 spiro atoms. The van der Waals surface area contributed by atoms with E-state index in [0.29, 0.717) is 41.7 Å². The first-order valence-electron chi connectivity index (χ1n) is 23.5. The molecule has 2 saturated heterocycles. The minimum absolute atomic E-state index is 0.122. The Labute approximate surface area is 409 Å². The first-order chi connectivity index (χ1) is 33.9. The predicted octanol–water partition coefficient (Wildman–Crippen LogP) is 8.95. The molecule has 9 rings (SSSR count). The highest BCUT2D eigenvalue weighted by Gasteiger charge is 2.43. The number of alkyl carbamates (subject to hydrolysis) is 2. The second-order valence-electron chi connectivity index (χ2n) is 18.2. The first-order valence-corrected chi connectivity index (χ1v) is 24.3. The van der Waals surface area contributed by atoms with E-state index in [1.54, 1.807) is 33.5 Å². The molecule has 0 saturated carbocycles. The van der Waals surface area contributed by atoms with Crippen LogP contribution in [0, 0.1) is 11.8 Å². The van der Waals surface area contributed by atoms with E-state index < -0.39 is 36.4 Å². The lowest BCUT2D eigenvalue weighted by atomic mass is 10.0. The number of amides is 4. The number of thiophene rings is 1. The van der Waals surface area contributed by atoms with E-state index in [1.807, 2.05) is 93.7 Å². The van der Waals surface area contributed by atoms with E-state index in [9.17, 15) is 19.2 Å². The van der Waals surface area contributed by atoms with Crippen molar-refractivity contribution in [3.63, 3.8) is 0 Å². The molecule has 6 heterocycles. The number of para-hydroxylation sites is 2. The predicted molar refractivity (Wildman–Crippen MR) is 265 cm³/mol. The summed E-state index contributed by atoms with van der Waals surface area (Å²) in [6.07, 6.45) is 3.77. The first kappa shape index (κ1) is 47.5. The molecule has 2 aliphatic rings. The molecule has 4 amide bonds. The normalized spacial score (nSPS) is 17.7. The van der Waals surface area contributed by atoms with Crippen LogP contribution in [0.15, 0.2) is 103 Å². The Kier molecular flexibility index (Phi) is 13.9. The molecule has 4 aromatic heterocycles. The number of benzene rings is 3. The quantitative estimate of drug-likeness (QED) is 0.0809. The van der Waals surface area contributed by atoms with Crippen molar-refractivity contribution in [1.82, 2.24) is 50.3 Å². The maximum Gasteiger partial charge on any atom is 0.407 e. The number of carbonyl (C=O) groups excluding carboxylic acids is 4. The van der Waals surface area contributed by atoms with Crippen molar-refractivity contribution < 1.29 is 33.4 Å². The van der Waals surface area contributed by atoms with E-state index in [1.165, 1.54) is 14.2 Å². The highest BCUT2D eigenvalue weighted by atomic mass is 32.1. The number of likely N-dealkylation sites (tertiary alicyclic amines) is 2. The van der Waals surface area contributed by atoms with Crippen LogP contribution in [-0.4, -0.2) is 109 Å². The standard InChI is InChI=1S/C52H56N10O7S/c1-29(2)43(59-51(65)67-5)49(63)61-23-9-13-40(61)46-53-26-38(56-46)33-19-15-31(16-20-33)32-17-21-34(22-18-32)39-27-54-47(57-39)41-25-35(28-62(41)50(64)44(30(3)4)60-52(66)68-6)69-48-45(42-14-10-24-70-42)55-36-11-7-8-12-37(36)58-48/h7-8,10-12,14-22,24,26-27,29-30,35,40-41,43-44H,9,13,23,25,28H2,1-6H3,(H,53,56)(H,54,57)(H,59,65)(H,60,66)/t35-,40-,41-,43-,44-/m0/s1. The monoisotopic (exact) mass is 964 g/mol. The SMILES string of the molecule is COC(=O)N[C@H](C(=O)N1CCC[C@H]1c1ncc(-c2ccc(-c3ccc(-c4cnc([C@@H]5C[C@H](Oc6nc7ccccc7nc6-c6cccs6)CN5C(=O)[C@@H](NC(=O)OC)C(C)C)[nH]4)cc3)cc2)[nH]1)C(C)C. The van der Waals surface area contributed by atoms with Crippen molar-refractivity contribution in [3.8, 4) is 50.1 Å². The van der Waals surface area contributed by atoms with Gasteiger partial charge in [0.1, 0.15) is 35.5 Å².